The first-order valence-electron chi connectivity index (χ1n) is 10.7. The van der Waals surface area contributed by atoms with Gasteiger partial charge >= 0.3 is 0 Å². The van der Waals surface area contributed by atoms with Gasteiger partial charge in [-0.2, -0.15) is 0 Å². The zero-order valence-electron chi connectivity index (χ0n) is 17.8. The molecule has 0 saturated carbocycles. The van der Waals surface area contributed by atoms with Crippen molar-refractivity contribution in [3.05, 3.63) is 64.7 Å². The van der Waals surface area contributed by atoms with Crippen molar-refractivity contribution in [2.45, 2.75) is 50.5 Å². The van der Waals surface area contributed by atoms with Crippen molar-refractivity contribution in [1.29, 1.82) is 0 Å². The number of likely N-dealkylation sites (tertiary alicyclic amines) is 1. The van der Waals surface area contributed by atoms with Gasteiger partial charge in [-0.05, 0) is 53.6 Å². The molecule has 0 aliphatic carbocycles. The number of amides is 1. The van der Waals surface area contributed by atoms with Crippen LogP contribution in [-0.2, 0) is 6.54 Å². The lowest BCUT2D eigenvalue weighted by Gasteiger charge is -2.32. The van der Waals surface area contributed by atoms with E-state index in [9.17, 15) is 4.79 Å². The van der Waals surface area contributed by atoms with Gasteiger partial charge < -0.3 is 15.4 Å². The number of fused-ring (bicyclic) bond motifs is 1. The zero-order valence-corrected chi connectivity index (χ0v) is 18.8. The third kappa shape index (κ3) is 4.12. The van der Waals surface area contributed by atoms with E-state index in [2.05, 4.69) is 50.0 Å². The molecule has 0 bridgehead atoms. The molecular weight excluding hydrogens is 376 g/mol. The molecule has 2 aromatic carbocycles. The SMILES string of the molecule is C[Si](C)(C)C1COc2ccc(C(=O)N3CCC(c4cccc(CN)c4)CC3)cc21. The van der Waals surface area contributed by atoms with Crippen molar-refractivity contribution in [1.82, 2.24) is 4.90 Å². The van der Waals surface area contributed by atoms with E-state index in [-0.39, 0.29) is 5.91 Å². The Bertz CT molecular complexity index is 898. The van der Waals surface area contributed by atoms with Gasteiger partial charge in [0.05, 0.1) is 14.7 Å². The number of nitrogens with zero attached hydrogens (tertiary/aromatic N) is 1. The highest BCUT2D eigenvalue weighted by Crippen LogP contribution is 2.40. The molecule has 0 aromatic heterocycles. The average molecular weight is 409 g/mol. The third-order valence-corrected chi connectivity index (χ3v) is 9.09. The molecule has 2 aliphatic rings. The summed E-state index contributed by atoms with van der Waals surface area (Å²) in [6, 6.07) is 14.6. The summed E-state index contributed by atoms with van der Waals surface area (Å²) in [4.78, 5) is 15.2. The Morgan fingerprint density at radius 3 is 2.59 bits per heavy atom. The van der Waals surface area contributed by atoms with Crippen LogP contribution < -0.4 is 10.5 Å². The number of hydrogen-bond donors (Lipinski definition) is 1. The second-order valence-electron chi connectivity index (χ2n) is 9.50. The van der Waals surface area contributed by atoms with Crippen molar-refractivity contribution in [3.8, 4) is 5.75 Å². The van der Waals surface area contributed by atoms with Crippen molar-refractivity contribution in [2.75, 3.05) is 19.7 Å². The Balaban J connectivity index is 1.45. The summed E-state index contributed by atoms with van der Waals surface area (Å²) >= 11 is 0. The summed E-state index contributed by atoms with van der Waals surface area (Å²) in [5.74, 6) is 1.63. The molecule has 2 aliphatic heterocycles. The van der Waals surface area contributed by atoms with E-state index < -0.39 is 8.07 Å². The lowest BCUT2D eigenvalue weighted by atomic mass is 9.88. The molecule has 2 heterocycles. The first-order chi connectivity index (χ1) is 13.9. The van der Waals surface area contributed by atoms with Gasteiger partial charge in [-0.1, -0.05) is 43.9 Å². The Morgan fingerprint density at radius 2 is 1.90 bits per heavy atom. The highest BCUT2D eigenvalue weighted by Gasteiger charge is 2.36. The molecule has 1 saturated heterocycles. The van der Waals surface area contributed by atoms with Gasteiger partial charge in [0.2, 0.25) is 0 Å². The lowest BCUT2D eigenvalue weighted by molar-refractivity contribution is 0.0713. The Labute approximate surface area is 175 Å². The molecule has 2 N–H and O–H groups in total. The number of carbonyl (C=O) groups is 1. The highest BCUT2D eigenvalue weighted by molar-refractivity contribution is 6.77. The predicted molar refractivity (Wildman–Crippen MR) is 120 cm³/mol. The number of piperidine rings is 1. The van der Waals surface area contributed by atoms with Crippen LogP contribution in [0.3, 0.4) is 0 Å². The Hall–Kier alpha value is -2.11. The summed E-state index contributed by atoms with van der Waals surface area (Å²) in [6.07, 6.45) is 2.01. The first-order valence-corrected chi connectivity index (χ1v) is 14.3. The van der Waals surface area contributed by atoms with Crippen LogP contribution in [0.4, 0.5) is 0 Å². The fourth-order valence-corrected chi connectivity index (χ4v) is 6.38. The van der Waals surface area contributed by atoms with Crippen LogP contribution in [0.25, 0.3) is 0 Å². The van der Waals surface area contributed by atoms with Crippen molar-refractivity contribution in [2.24, 2.45) is 5.73 Å². The van der Waals surface area contributed by atoms with Crippen molar-refractivity contribution < 1.29 is 9.53 Å². The Morgan fingerprint density at radius 1 is 1.14 bits per heavy atom. The van der Waals surface area contributed by atoms with Crippen LogP contribution in [0.15, 0.2) is 42.5 Å². The first kappa shape index (κ1) is 20.2. The largest absolute Gasteiger partial charge is 0.493 e. The van der Waals surface area contributed by atoms with Crippen molar-refractivity contribution >= 4 is 14.0 Å². The van der Waals surface area contributed by atoms with Crippen LogP contribution in [0, 0.1) is 0 Å². The molecule has 4 rings (SSSR count). The van der Waals surface area contributed by atoms with E-state index in [0.717, 1.165) is 43.9 Å². The summed E-state index contributed by atoms with van der Waals surface area (Å²) in [6.45, 7) is 10.1. The molecule has 0 radical (unpaired) electrons. The van der Waals surface area contributed by atoms with E-state index in [4.69, 9.17) is 10.5 Å². The number of hydrogen-bond acceptors (Lipinski definition) is 3. The van der Waals surface area contributed by atoms with Gasteiger partial charge in [0.1, 0.15) is 5.75 Å². The fourth-order valence-electron chi connectivity index (χ4n) is 4.64. The van der Waals surface area contributed by atoms with Crippen LogP contribution in [0.1, 0.15) is 51.3 Å². The molecule has 4 nitrogen and oxygen atoms in total. The summed E-state index contributed by atoms with van der Waals surface area (Å²) in [5, 5.41) is 0. The van der Waals surface area contributed by atoms with Crippen LogP contribution in [0.2, 0.25) is 19.6 Å². The number of benzene rings is 2. The normalized spacial score (nSPS) is 19.7. The topological polar surface area (TPSA) is 55.6 Å². The van der Waals surface area contributed by atoms with E-state index in [1.807, 2.05) is 17.0 Å². The Kier molecular flexibility index (Phi) is 5.54. The molecule has 2 aromatic rings. The molecule has 1 atom stereocenters. The number of nitrogens with two attached hydrogens (primary N) is 1. The van der Waals surface area contributed by atoms with E-state index in [1.54, 1.807) is 0 Å². The molecular formula is C24H32N2O2Si. The standard InChI is InChI=1S/C24H32N2O2Si/c1-29(2,3)23-16-28-22-8-7-20(14-21(22)23)24(27)26-11-9-18(10-12-26)19-6-4-5-17(13-19)15-25/h4-8,13-14,18,23H,9-12,15-16,25H2,1-3H3. The van der Waals surface area contributed by atoms with Gasteiger partial charge in [-0.15, -0.1) is 0 Å². The molecule has 1 amide bonds. The molecule has 29 heavy (non-hydrogen) atoms. The second kappa shape index (κ2) is 7.96. The van der Waals surface area contributed by atoms with Gasteiger partial charge in [0.15, 0.2) is 0 Å². The maximum atomic E-state index is 13.2. The second-order valence-corrected chi connectivity index (χ2v) is 14.9. The quantitative estimate of drug-likeness (QED) is 0.757. The maximum absolute atomic E-state index is 13.2. The van der Waals surface area contributed by atoms with Crippen LogP contribution >= 0.6 is 0 Å². The highest BCUT2D eigenvalue weighted by atomic mass is 28.3. The predicted octanol–water partition coefficient (Wildman–Crippen LogP) is 4.52. The third-order valence-electron chi connectivity index (χ3n) is 6.52. The minimum Gasteiger partial charge on any atom is -0.493 e. The molecule has 154 valence electrons. The smallest absolute Gasteiger partial charge is 0.253 e. The minimum absolute atomic E-state index is 0.156. The molecule has 5 heteroatoms. The van der Waals surface area contributed by atoms with Gasteiger partial charge in [-0.25, -0.2) is 0 Å². The van der Waals surface area contributed by atoms with Crippen LogP contribution in [-0.4, -0.2) is 38.6 Å². The monoisotopic (exact) mass is 408 g/mol. The minimum atomic E-state index is -1.39. The summed E-state index contributed by atoms with van der Waals surface area (Å²) in [7, 11) is -1.39. The zero-order chi connectivity index (χ0) is 20.6. The van der Waals surface area contributed by atoms with E-state index >= 15 is 0 Å². The molecule has 1 unspecified atom stereocenters. The van der Waals surface area contributed by atoms with E-state index in [1.165, 1.54) is 16.7 Å². The lowest BCUT2D eigenvalue weighted by Crippen LogP contribution is -2.38. The average Bonchev–Trinajstić information content (AvgIpc) is 3.17. The van der Waals surface area contributed by atoms with E-state index in [0.29, 0.717) is 18.0 Å². The van der Waals surface area contributed by atoms with Crippen molar-refractivity contribution in [3.63, 3.8) is 0 Å². The summed E-state index contributed by atoms with van der Waals surface area (Å²) in [5.41, 5.74) is 10.8. The number of ether oxygens (including phenoxy) is 1. The maximum Gasteiger partial charge on any atom is 0.253 e. The van der Waals surface area contributed by atoms with Gasteiger partial charge in [-0.3, -0.25) is 4.79 Å². The summed E-state index contributed by atoms with van der Waals surface area (Å²) < 4.78 is 5.90. The fraction of sp³-hybridized carbons (Fsp3) is 0.458. The number of carbonyl (C=O) groups excluding carboxylic acids is 1. The molecule has 0 spiro atoms. The van der Waals surface area contributed by atoms with Crippen LogP contribution in [0.5, 0.6) is 5.75 Å². The van der Waals surface area contributed by atoms with Gasteiger partial charge in [0.25, 0.3) is 5.91 Å². The molecule has 1 fully saturated rings. The van der Waals surface area contributed by atoms with Gasteiger partial charge in [0, 0.05) is 30.7 Å². The number of rotatable bonds is 4.